The van der Waals surface area contributed by atoms with Gasteiger partial charge in [-0.1, -0.05) is 182 Å². The van der Waals surface area contributed by atoms with Gasteiger partial charge in [0.05, 0.1) is 13.2 Å². The van der Waals surface area contributed by atoms with Crippen LogP contribution in [0.5, 0.6) is 0 Å². The van der Waals surface area contributed by atoms with Crippen LogP contribution in [-0.2, 0) is 23.9 Å². The molecule has 7 nitrogen and oxygen atoms in total. The van der Waals surface area contributed by atoms with Gasteiger partial charge in [-0.15, -0.1) is 0 Å². The number of unbranched alkanes of at least 4 members (excludes halogenated alkanes) is 20. The summed E-state index contributed by atoms with van der Waals surface area (Å²) in [4.78, 5) is 42.3. The van der Waals surface area contributed by atoms with Crippen LogP contribution >= 0.6 is 0 Å². The molecule has 0 saturated carbocycles. The second-order valence-electron chi connectivity index (χ2n) is 19.3. The van der Waals surface area contributed by atoms with Gasteiger partial charge in [-0.2, -0.15) is 13.2 Å². The number of carbonyl (C=O) groups is 3. The summed E-state index contributed by atoms with van der Waals surface area (Å²) in [6.45, 7) is 10.8. The minimum atomic E-state index is -4.57. The lowest BCUT2D eigenvalue weighted by molar-refractivity contribution is -0.163. The first-order valence-corrected chi connectivity index (χ1v) is 26.7. The van der Waals surface area contributed by atoms with E-state index in [1.807, 2.05) is 19.0 Å². The largest absolute Gasteiger partial charge is 0.465 e. The smallest absolute Gasteiger partial charge is 0.397 e. The Bertz CT molecular complexity index is 1000. The van der Waals surface area contributed by atoms with Crippen LogP contribution in [0.1, 0.15) is 259 Å². The SMILES string of the molecule is CCCCCCCCC(CCCCCC)COC(=O)CCCCCC(CCCCCC(=O)OCC(CCCCCC)CCCCCCCC)N(CCCN(C)C)C(=O)CC(F)(F)F. The summed E-state index contributed by atoms with van der Waals surface area (Å²) in [6, 6.07) is -0.327. The van der Waals surface area contributed by atoms with Crippen LogP contribution in [0.4, 0.5) is 13.2 Å². The van der Waals surface area contributed by atoms with Crippen molar-refractivity contribution < 1.29 is 37.0 Å². The number of hydrogen-bond acceptors (Lipinski definition) is 6. The first-order chi connectivity index (χ1) is 30.4. The molecule has 0 aromatic heterocycles. The van der Waals surface area contributed by atoms with E-state index in [0.29, 0.717) is 89.4 Å². The zero-order valence-electron chi connectivity index (χ0n) is 42.1. The summed E-state index contributed by atoms with van der Waals surface area (Å²) in [5.41, 5.74) is 0. The zero-order valence-corrected chi connectivity index (χ0v) is 42.1. The maximum atomic E-state index is 13.5. The van der Waals surface area contributed by atoms with E-state index in [2.05, 4.69) is 27.7 Å². The van der Waals surface area contributed by atoms with Crippen molar-refractivity contribution in [3.63, 3.8) is 0 Å². The fourth-order valence-corrected chi connectivity index (χ4v) is 8.78. The molecule has 2 unspecified atom stereocenters. The van der Waals surface area contributed by atoms with Crippen LogP contribution < -0.4 is 0 Å². The second-order valence-corrected chi connectivity index (χ2v) is 19.3. The highest BCUT2D eigenvalue weighted by Crippen LogP contribution is 2.26. The first-order valence-electron chi connectivity index (χ1n) is 26.7. The minimum absolute atomic E-state index is 0.169. The van der Waals surface area contributed by atoms with Crippen LogP contribution in [0, 0.1) is 11.8 Å². The number of alkyl halides is 3. The molecule has 374 valence electrons. The topological polar surface area (TPSA) is 76.2 Å². The molecule has 0 aliphatic heterocycles. The molecule has 0 fully saturated rings. The van der Waals surface area contributed by atoms with Crippen LogP contribution in [0.3, 0.4) is 0 Å². The molecule has 0 radical (unpaired) electrons. The molecule has 0 aliphatic carbocycles. The number of rotatable bonds is 46. The van der Waals surface area contributed by atoms with Gasteiger partial charge in [0.25, 0.3) is 0 Å². The van der Waals surface area contributed by atoms with Crippen LogP contribution in [0.2, 0.25) is 0 Å². The Balaban J connectivity index is 5.23. The lowest BCUT2D eigenvalue weighted by Crippen LogP contribution is -2.43. The molecular weight excluding hydrogens is 802 g/mol. The molecule has 2 atom stereocenters. The van der Waals surface area contributed by atoms with Gasteiger partial charge < -0.3 is 19.3 Å². The second kappa shape index (κ2) is 42.8. The minimum Gasteiger partial charge on any atom is -0.465 e. The molecule has 0 spiro atoms. The predicted molar refractivity (Wildman–Crippen MR) is 258 cm³/mol. The molecular formula is C53H101F3N2O5. The van der Waals surface area contributed by atoms with Gasteiger partial charge in [-0.25, -0.2) is 0 Å². The van der Waals surface area contributed by atoms with Gasteiger partial charge in [-0.05, 0) is 90.3 Å². The Morgan fingerprint density at radius 1 is 0.444 bits per heavy atom. The number of esters is 2. The number of amides is 1. The fourth-order valence-electron chi connectivity index (χ4n) is 8.78. The van der Waals surface area contributed by atoms with Gasteiger partial charge in [-0.3, -0.25) is 14.4 Å². The van der Waals surface area contributed by atoms with E-state index in [-0.39, 0.29) is 24.5 Å². The Morgan fingerprint density at radius 2 is 0.778 bits per heavy atom. The highest BCUT2D eigenvalue weighted by molar-refractivity contribution is 5.77. The van der Waals surface area contributed by atoms with Crippen molar-refractivity contribution in [3.05, 3.63) is 0 Å². The summed E-state index contributed by atoms with van der Waals surface area (Å²) in [5.74, 6) is -0.384. The van der Waals surface area contributed by atoms with Crippen LogP contribution in [-0.4, -0.2) is 80.3 Å². The van der Waals surface area contributed by atoms with Gasteiger partial charge in [0.1, 0.15) is 6.42 Å². The summed E-state index contributed by atoms with van der Waals surface area (Å²) in [6.07, 6.45) is 29.8. The van der Waals surface area contributed by atoms with E-state index in [4.69, 9.17) is 9.47 Å². The number of halogens is 3. The number of carbonyl (C=O) groups excluding carboxylic acids is 3. The van der Waals surface area contributed by atoms with Crippen molar-refractivity contribution in [3.8, 4) is 0 Å². The van der Waals surface area contributed by atoms with Crippen molar-refractivity contribution in [2.75, 3.05) is 40.4 Å². The zero-order chi connectivity index (χ0) is 46.8. The van der Waals surface area contributed by atoms with E-state index in [9.17, 15) is 27.6 Å². The Labute approximate surface area is 386 Å². The molecule has 0 aromatic rings. The van der Waals surface area contributed by atoms with Gasteiger partial charge in [0.2, 0.25) is 5.91 Å². The molecule has 10 heteroatoms. The van der Waals surface area contributed by atoms with Gasteiger partial charge in [0.15, 0.2) is 0 Å². The van der Waals surface area contributed by atoms with E-state index in [0.717, 1.165) is 38.5 Å². The molecule has 0 saturated heterocycles. The van der Waals surface area contributed by atoms with Crippen molar-refractivity contribution in [2.45, 2.75) is 271 Å². The monoisotopic (exact) mass is 903 g/mol. The molecule has 0 bridgehead atoms. The van der Waals surface area contributed by atoms with Crippen molar-refractivity contribution >= 4 is 17.8 Å². The summed E-state index contributed by atoms with van der Waals surface area (Å²) < 4.78 is 52.2. The van der Waals surface area contributed by atoms with E-state index in [1.165, 1.54) is 133 Å². The third kappa shape index (κ3) is 40.2. The average Bonchev–Trinajstić information content (AvgIpc) is 3.23. The first kappa shape index (κ1) is 61.2. The number of nitrogens with zero attached hydrogens (tertiary/aromatic N) is 2. The molecule has 63 heavy (non-hydrogen) atoms. The van der Waals surface area contributed by atoms with Crippen molar-refractivity contribution in [1.29, 1.82) is 0 Å². The average molecular weight is 903 g/mol. The lowest BCUT2D eigenvalue weighted by atomic mass is 9.95. The number of ether oxygens (including phenoxy) is 2. The third-order valence-electron chi connectivity index (χ3n) is 12.8. The van der Waals surface area contributed by atoms with Crippen molar-refractivity contribution in [1.82, 2.24) is 9.80 Å². The molecule has 0 N–H and O–H groups in total. The predicted octanol–water partition coefficient (Wildman–Crippen LogP) is 15.7. The van der Waals surface area contributed by atoms with E-state index in [1.54, 1.807) is 0 Å². The van der Waals surface area contributed by atoms with Crippen LogP contribution in [0.25, 0.3) is 0 Å². The highest BCUT2D eigenvalue weighted by atomic mass is 19.4. The highest BCUT2D eigenvalue weighted by Gasteiger charge is 2.35. The molecule has 0 aromatic carbocycles. The quantitative estimate of drug-likeness (QED) is 0.0447. The van der Waals surface area contributed by atoms with E-state index >= 15 is 0 Å². The Hall–Kier alpha value is -1.84. The molecule has 1 amide bonds. The third-order valence-corrected chi connectivity index (χ3v) is 12.8. The van der Waals surface area contributed by atoms with Crippen LogP contribution in [0.15, 0.2) is 0 Å². The van der Waals surface area contributed by atoms with Gasteiger partial charge in [0, 0.05) is 25.4 Å². The maximum Gasteiger partial charge on any atom is 0.397 e. The van der Waals surface area contributed by atoms with E-state index < -0.39 is 18.5 Å². The summed E-state index contributed by atoms with van der Waals surface area (Å²) >= 11 is 0. The Kier molecular flexibility index (Phi) is 41.5. The molecule has 0 heterocycles. The Morgan fingerprint density at radius 3 is 1.14 bits per heavy atom. The molecule has 0 aliphatic rings. The van der Waals surface area contributed by atoms with Crippen molar-refractivity contribution in [2.24, 2.45) is 11.8 Å². The standard InChI is InChI=1S/C53H101F3N2O5/c1-7-11-15-19-21-27-36-47(34-25-17-13-9-3)45-62-51(60)40-31-23-29-38-49(58(43-33-42-57(5)6)50(59)44-53(54,55)56)39-30-24-32-41-52(61)63-46-48(35-26-18-14-10-4)37-28-22-20-16-12-8-2/h47-49H,7-46H2,1-6H3. The molecule has 0 rings (SSSR count). The lowest BCUT2D eigenvalue weighted by Gasteiger charge is -2.33. The summed E-state index contributed by atoms with van der Waals surface area (Å²) in [7, 11) is 3.84. The number of hydrogen-bond donors (Lipinski definition) is 0. The summed E-state index contributed by atoms with van der Waals surface area (Å²) in [5, 5.41) is 0. The maximum absolute atomic E-state index is 13.5. The fraction of sp³-hybridized carbons (Fsp3) is 0.943. The van der Waals surface area contributed by atoms with Gasteiger partial charge >= 0.3 is 18.1 Å². The normalized spacial score (nSPS) is 13.3.